The van der Waals surface area contributed by atoms with Gasteiger partial charge in [-0.05, 0) is 38.1 Å². The van der Waals surface area contributed by atoms with Crippen molar-refractivity contribution in [3.05, 3.63) is 30.6 Å². The molecule has 1 unspecified atom stereocenters. The first-order valence-corrected chi connectivity index (χ1v) is 7.43. The first-order chi connectivity index (χ1) is 10.2. The van der Waals surface area contributed by atoms with Gasteiger partial charge in [0.15, 0.2) is 0 Å². The van der Waals surface area contributed by atoms with Gasteiger partial charge in [-0.3, -0.25) is 4.68 Å². The molecule has 0 spiro atoms. The molecule has 1 aromatic carbocycles. The topological polar surface area (TPSA) is 56.3 Å². The van der Waals surface area contributed by atoms with Crippen molar-refractivity contribution in [1.29, 1.82) is 0 Å². The Morgan fingerprint density at radius 1 is 1.38 bits per heavy atom. The number of nitrogens with zero attached hydrogens (tertiary/aromatic N) is 3. The van der Waals surface area contributed by atoms with Crippen molar-refractivity contribution >= 4 is 5.69 Å². The van der Waals surface area contributed by atoms with Gasteiger partial charge in [-0.1, -0.05) is 6.07 Å². The zero-order chi connectivity index (χ0) is 14.8. The third-order valence-corrected chi connectivity index (χ3v) is 3.95. The van der Waals surface area contributed by atoms with Crippen LogP contribution >= 0.6 is 0 Å². The molecule has 1 saturated heterocycles. The van der Waals surface area contributed by atoms with Gasteiger partial charge in [-0.25, -0.2) is 0 Å². The highest BCUT2D eigenvalue weighted by Crippen LogP contribution is 2.30. The van der Waals surface area contributed by atoms with Gasteiger partial charge in [0.1, 0.15) is 11.9 Å². The second kappa shape index (κ2) is 5.77. The van der Waals surface area contributed by atoms with Crippen LogP contribution in [0, 0.1) is 0 Å². The monoisotopic (exact) mass is 286 g/mol. The fraction of sp³-hybridized carbons (Fsp3) is 0.438. The van der Waals surface area contributed by atoms with Crippen molar-refractivity contribution < 1.29 is 4.74 Å². The molecular weight excluding hydrogens is 264 g/mol. The van der Waals surface area contributed by atoms with Crippen molar-refractivity contribution in [3.8, 4) is 16.9 Å². The average Bonchev–Trinajstić information content (AvgIpc) is 3.10. The number of nitrogens with two attached hydrogens (primary N) is 1. The second-order valence-electron chi connectivity index (χ2n) is 5.63. The molecular formula is C16H22N4O. The molecule has 5 nitrogen and oxygen atoms in total. The van der Waals surface area contributed by atoms with Crippen molar-refractivity contribution in [1.82, 2.24) is 14.7 Å². The van der Waals surface area contributed by atoms with Crippen molar-refractivity contribution in [2.75, 3.05) is 25.9 Å². The normalized spacial score (nSPS) is 19.0. The molecule has 0 saturated carbocycles. The Morgan fingerprint density at radius 2 is 2.24 bits per heavy atom. The first kappa shape index (κ1) is 13.9. The van der Waals surface area contributed by atoms with E-state index in [2.05, 4.69) is 24.0 Å². The molecule has 1 aromatic heterocycles. The minimum Gasteiger partial charge on any atom is -0.487 e. The number of likely N-dealkylation sites (N-methyl/N-ethyl adjacent to an activating group) is 1. The lowest BCUT2D eigenvalue weighted by Gasteiger charge is -2.16. The summed E-state index contributed by atoms with van der Waals surface area (Å²) in [6, 6.07) is 5.94. The van der Waals surface area contributed by atoms with Gasteiger partial charge >= 0.3 is 0 Å². The average molecular weight is 286 g/mol. The highest BCUT2D eigenvalue weighted by Gasteiger charge is 2.21. The van der Waals surface area contributed by atoms with Gasteiger partial charge in [0.2, 0.25) is 0 Å². The number of hydrogen-bond acceptors (Lipinski definition) is 4. The van der Waals surface area contributed by atoms with Crippen molar-refractivity contribution in [3.63, 3.8) is 0 Å². The number of ether oxygens (including phenoxy) is 1. The van der Waals surface area contributed by atoms with Crippen LogP contribution < -0.4 is 10.5 Å². The first-order valence-electron chi connectivity index (χ1n) is 7.43. The highest BCUT2D eigenvalue weighted by molar-refractivity contribution is 5.69. The Morgan fingerprint density at radius 3 is 2.90 bits per heavy atom. The van der Waals surface area contributed by atoms with Gasteiger partial charge in [-0.15, -0.1) is 0 Å². The van der Waals surface area contributed by atoms with Crippen LogP contribution in [-0.4, -0.2) is 40.9 Å². The Kier molecular flexibility index (Phi) is 3.84. The van der Waals surface area contributed by atoms with Gasteiger partial charge in [0.25, 0.3) is 0 Å². The number of benzene rings is 1. The quantitative estimate of drug-likeness (QED) is 0.876. The third-order valence-electron chi connectivity index (χ3n) is 3.95. The van der Waals surface area contributed by atoms with E-state index in [1.807, 2.05) is 35.3 Å². The number of rotatable bonds is 4. The Hall–Kier alpha value is -2.01. The minimum atomic E-state index is 0.228. The summed E-state index contributed by atoms with van der Waals surface area (Å²) in [6.07, 6.45) is 5.19. The summed E-state index contributed by atoms with van der Waals surface area (Å²) < 4.78 is 7.99. The maximum atomic E-state index is 6.08. The summed E-state index contributed by atoms with van der Waals surface area (Å²) in [6.45, 7) is 4.97. The van der Waals surface area contributed by atoms with E-state index in [4.69, 9.17) is 10.5 Å². The summed E-state index contributed by atoms with van der Waals surface area (Å²) >= 11 is 0. The number of aryl methyl sites for hydroxylation is 1. The van der Waals surface area contributed by atoms with Crippen LogP contribution in [0.4, 0.5) is 5.69 Å². The largest absolute Gasteiger partial charge is 0.487 e. The standard InChI is InChI=1S/C16H22N4O/c1-3-20-10-13(9-18-20)12-4-5-15(17)16(8-12)21-14-6-7-19(2)11-14/h4-5,8-10,14H,3,6-7,11,17H2,1-2H3. The zero-order valence-corrected chi connectivity index (χ0v) is 12.6. The number of anilines is 1. The van der Waals surface area contributed by atoms with Gasteiger partial charge in [0, 0.05) is 31.4 Å². The SMILES string of the molecule is CCn1cc(-c2ccc(N)c(OC3CCN(C)C3)c2)cn1. The number of nitrogen functional groups attached to an aromatic ring is 1. The predicted octanol–water partition coefficient (Wildman–Crippen LogP) is 2.24. The minimum absolute atomic E-state index is 0.228. The lowest BCUT2D eigenvalue weighted by molar-refractivity contribution is 0.209. The van der Waals surface area contributed by atoms with E-state index in [-0.39, 0.29) is 6.10 Å². The van der Waals surface area contributed by atoms with E-state index in [1.54, 1.807) is 0 Å². The van der Waals surface area contributed by atoms with Crippen LogP contribution in [0.5, 0.6) is 5.75 Å². The van der Waals surface area contributed by atoms with Crippen LogP contribution in [0.2, 0.25) is 0 Å². The number of hydrogen-bond donors (Lipinski definition) is 1. The maximum absolute atomic E-state index is 6.08. The van der Waals surface area contributed by atoms with Crippen LogP contribution in [-0.2, 0) is 6.54 Å². The molecule has 112 valence electrons. The summed E-state index contributed by atoms with van der Waals surface area (Å²) in [5, 5.41) is 4.31. The molecule has 3 rings (SSSR count). The van der Waals surface area contributed by atoms with Crippen molar-refractivity contribution in [2.24, 2.45) is 0 Å². The molecule has 1 atom stereocenters. The van der Waals surface area contributed by atoms with E-state index >= 15 is 0 Å². The van der Waals surface area contributed by atoms with Crippen LogP contribution in [0.1, 0.15) is 13.3 Å². The Labute approximate surface area is 125 Å². The molecule has 2 heterocycles. The van der Waals surface area contributed by atoms with Gasteiger partial charge in [-0.2, -0.15) is 5.10 Å². The third kappa shape index (κ3) is 3.03. The summed E-state index contributed by atoms with van der Waals surface area (Å²) in [5.74, 6) is 0.775. The van der Waals surface area contributed by atoms with Gasteiger partial charge < -0.3 is 15.4 Å². The molecule has 0 bridgehead atoms. The molecule has 1 fully saturated rings. The van der Waals surface area contributed by atoms with E-state index in [1.165, 1.54) is 0 Å². The second-order valence-corrected chi connectivity index (χ2v) is 5.63. The lowest BCUT2D eigenvalue weighted by Crippen LogP contribution is -2.21. The molecule has 0 amide bonds. The van der Waals surface area contributed by atoms with Crippen LogP contribution in [0.25, 0.3) is 11.1 Å². The zero-order valence-electron chi connectivity index (χ0n) is 12.6. The van der Waals surface area contributed by atoms with E-state index in [9.17, 15) is 0 Å². The fourth-order valence-corrected chi connectivity index (χ4v) is 2.67. The number of likely N-dealkylation sites (tertiary alicyclic amines) is 1. The molecule has 2 N–H and O–H groups in total. The van der Waals surface area contributed by atoms with Crippen molar-refractivity contribution in [2.45, 2.75) is 26.0 Å². The lowest BCUT2D eigenvalue weighted by atomic mass is 10.1. The Bertz CT molecular complexity index is 622. The van der Waals surface area contributed by atoms with E-state index < -0.39 is 0 Å². The van der Waals surface area contributed by atoms with Crippen LogP contribution in [0.15, 0.2) is 30.6 Å². The van der Waals surface area contributed by atoms with E-state index in [0.29, 0.717) is 5.69 Å². The fourth-order valence-electron chi connectivity index (χ4n) is 2.67. The molecule has 0 radical (unpaired) electrons. The summed E-state index contributed by atoms with van der Waals surface area (Å²) in [5.41, 5.74) is 8.92. The molecule has 5 heteroatoms. The predicted molar refractivity (Wildman–Crippen MR) is 84.3 cm³/mol. The van der Waals surface area contributed by atoms with Crippen LogP contribution in [0.3, 0.4) is 0 Å². The summed E-state index contributed by atoms with van der Waals surface area (Å²) in [4.78, 5) is 2.27. The molecule has 0 aliphatic carbocycles. The highest BCUT2D eigenvalue weighted by atomic mass is 16.5. The van der Waals surface area contributed by atoms with E-state index in [0.717, 1.165) is 42.9 Å². The molecule has 21 heavy (non-hydrogen) atoms. The number of aromatic nitrogens is 2. The maximum Gasteiger partial charge on any atom is 0.143 e. The Balaban J connectivity index is 1.82. The summed E-state index contributed by atoms with van der Waals surface area (Å²) in [7, 11) is 2.11. The smallest absolute Gasteiger partial charge is 0.143 e. The molecule has 1 aliphatic rings. The molecule has 1 aliphatic heterocycles. The molecule has 2 aromatic rings. The van der Waals surface area contributed by atoms with Gasteiger partial charge in [0.05, 0.1) is 11.9 Å².